The monoisotopic (exact) mass is 290 g/mol. The predicted octanol–water partition coefficient (Wildman–Crippen LogP) is 2.47. The number of aromatic nitrogens is 2. The molecule has 2 rings (SSSR count). The molecule has 21 heavy (non-hydrogen) atoms. The van der Waals surface area contributed by atoms with Gasteiger partial charge in [0.05, 0.1) is 12.2 Å². The molecule has 0 saturated carbocycles. The molecule has 2 aromatic rings. The van der Waals surface area contributed by atoms with Crippen molar-refractivity contribution < 1.29 is 19.1 Å². The van der Waals surface area contributed by atoms with Gasteiger partial charge in [0.1, 0.15) is 11.2 Å². The Bertz CT molecular complexity index is 683. The topological polar surface area (TPSA) is 69.9 Å². The summed E-state index contributed by atoms with van der Waals surface area (Å²) in [6, 6.07) is 3.26. The lowest BCUT2D eigenvalue weighted by molar-refractivity contribution is 0.00633. The van der Waals surface area contributed by atoms with Crippen LogP contribution in [0, 0.1) is 0 Å². The fraction of sp³-hybridized carbons (Fsp3) is 0.400. The van der Waals surface area contributed by atoms with Gasteiger partial charge in [-0.1, -0.05) is 0 Å². The Kier molecular flexibility index (Phi) is 3.97. The van der Waals surface area contributed by atoms with E-state index in [2.05, 4.69) is 4.98 Å². The normalized spacial score (nSPS) is 11.4. The highest BCUT2D eigenvalue weighted by Gasteiger charge is 2.20. The lowest BCUT2D eigenvalue weighted by Gasteiger charge is -2.18. The van der Waals surface area contributed by atoms with E-state index in [0.29, 0.717) is 17.8 Å². The van der Waals surface area contributed by atoms with Gasteiger partial charge in [-0.15, -0.1) is 0 Å². The number of fused-ring (bicyclic) bond motifs is 1. The lowest BCUT2D eigenvalue weighted by atomic mass is 10.2. The smallest absolute Gasteiger partial charge is 0.359 e. The van der Waals surface area contributed by atoms with Gasteiger partial charge in [0.15, 0.2) is 5.69 Å². The summed E-state index contributed by atoms with van der Waals surface area (Å²) in [4.78, 5) is 27.8. The maximum absolute atomic E-state index is 12.0. The zero-order chi connectivity index (χ0) is 15.6. The summed E-state index contributed by atoms with van der Waals surface area (Å²) >= 11 is 0. The number of nitrogens with zero attached hydrogens (tertiary/aromatic N) is 2. The Labute approximate surface area is 122 Å². The Hall–Kier alpha value is -2.37. The van der Waals surface area contributed by atoms with Gasteiger partial charge >= 0.3 is 11.9 Å². The van der Waals surface area contributed by atoms with Gasteiger partial charge in [-0.3, -0.25) is 0 Å². The molecule has 0 amide bonds. The third-order valence-electron chi connectivity index (χ3n) is 2.57. The Morgan fingerprint density at radius 2 is 1.90 bits per heavy atom. The quantitative estimate of drug-likeness (QED) is 0.812. The van der Waals surface area contributed by atoms with Gasteiger partial charge in [0.25, 0.3) is 0 Å². The van der Waals surface area contributed by atoms with E-state index in [-0.39, 0.29) is 5.69 Å². The Balaban J connectivity index is 2.30. The fourth-order valence-corrected chi connectivity index (χ4v) is 1.76. The average Bonchev–Trinajstić information content (AvgIpc) is 2.79. The van der Waals surface area contributed by atoms with E-state index < -0.39 is 17.5 Å². The second-order valence-corrected chi connectivity index (χ2v) is 5.53. The molecule has 0 bridgehead atoms. The van der Waals surface area contributed by atoms with Crippen LogP contribution in [0.15, 0.2) is 24.5 Å². The highest BCUT2D eigenvalue weighted by atomic mass is 16.6. The van der Waals surface area contributed by atoms with Crippen molar-refractivity contribution in [2.45, 2.75) is 33.3 Å². The average molecular weight is 290 g/mol. The highest BCUT2D eigenvalue weighted by molar-refractivity contribution is 5.90. The Morgan fingerprint density at radius 1 is 1.19 bits per heavy atom. The van der Waals surface area contributed by atoms with E-state index in [0.717, 1.165) is 0 Å². The van der Waals surface area contributed by atoms with Crippen LogP contribution in [0.1, 0.15) is 48.5 Å². The summed E-state index contributed by atoms with van der Waals surface area (Å²) in [6.45, 7) is 7.43. The standard InChI is InChI=1S/C15H18N2O4/c1-5-20-13(18)10-6-7-12-16-11(9-17(12)8-10)14(19)21-15(2,3)4/h6-9H,5H2,1-4H3. The van der Waals surface area contributed by atoms with E-state index in [4.69, 9.17) is 9.47 Å². The third kappa shape index (κ3) is 3.59. The molecule has 2 aromatic heterocycles. The van der Waals surface area contributed by atoms with Crippen LogP contribution in [0.4, 0.5) is 0 Å². The summed E-state index contributed by atoms with van der Waals surface area (Å²) in [7, 11) is 0. The van der Waals surface area contributed by atoms with Crippen LogP contribution in [0.25, 0.3) is 5.65 Å². The molecule has 0 saturated heterocycles. The first-order valence-electron chi connectivity index (χ1n) is 6.69. The third-order valence-corrected chi connectivity index (χ3v) is 2.57. The van der Waals surface area contributed by atoms with Gasteiger partial charge in [-0.05, 0) is 39.8 Å². The van der Waals surface area contributed by atoms with E-state index in [1.807, 2.05) is 0 Å². The minimum atomic E-state index is -0.580. The molecule has 6 heteroatoms. The van der Waals surface area contributed by atoms with E-state index in [1.54, 1.807) is 50.4 Å². The van der Waals surface area contributed by atoms with Crippen LogP contribution in [0.3, 0.4) is 0 Å². The minimum absolute atomic E-state index is 0.200. The van der Waals surface area contributed by atoms with Crippen molar-refractivity contribution >= 4 is 17.6 Å². The zero-order valence-corrected chi connectivity index (χ0v) is 12.5. The van der Waals surface area contributed by atoms with Gasteiger partial charge in [-0.25, -0.2) is 14.6 Å². The summed E-state index contributed by atoms with van der Waals surface area (Å²) in [6.07, 6.45) is 3.11. The molecule has 2 heterocycles. The molecule has 0 unspecified atom stereocenters. The van der Waals surface area contributed by atoms with Crippen LogP contribution < -0.4 is 0 Å². The first-order chi connectivity index (χ1) is 9.80. The zero-order valence-electron chi connectivity index (χ0n) is 12.5. The summed E-state index contributed by atoms with van der Waals surface area (Å²) in [5.41, 5.74) is 0.579. The molecular weight excluding hydrogens is 272 g/mol. The molecule has 0 aliphatic heterocycles. The van der Waals surface area contributed by atoms with Crippen molar-refractivity contribution in [3.05, 3.63) is 35.8 Å². The van der Waals surface area contributed by atoms with E-state index in [1.165, 1.54) is 6.20 Å². The molecular formula is C15H18N2O4. The second kappa shape index (κ2) is 5.55. The van der Waals surface area contributed by atoms with Gasteiger partial charge in [0.2, 0.25) is 0 Å². The first kappa shape index (κ1) is 15.0. The SMILES string of the molecule is CCOC(=O)c1ccc2nc(C(=O)OC(C)(C)C)cn2c1. The summed E-state index contributed by atoms with van der Waals surface area (Å²) in [5, 5.41) is 0. The molecule has 6 nitrogen and oxygen atoms in total. The van der Waals surface area contributed by atoms with Crippen LogP contribution in [-0.2, 0) is 9.47 Å². The van der Waals surface area contributed by atoms with Crippen molar-refractivity contribution in [2.24, 2.45) is 0 Å². The molecule has 112 valence electrons. The maximum Gasteiger partial charge on any atom is 0.359 e. The minimum Gasteiger partial charge on any atom is -0.462 e. The molecule has 0 atom stereocenters. The highest BCUT2D eigenvalue weighted by Crippen LogP contribution is 2.14. The van der Waals surface area contributed by atoms with Crippen LogP contribution in [0.2, 0.25) is 0 Å². The van der Waals surface area contributed by atoms with E-state index >= 15 is 0 Å². The largest absolute Gasteiger partial charge is 0.462 e. The van der Waals surface area contributed by atoms with Crippen LogP contribution >= 0.6 is 0 Å². The molecule has 0 aliphatic rings. The number of rotatable bonds is 3. The molecule has 0 N–H and O–H groups in total. The Morgan fingerprint density at radius 3 is 2.52 bits per heavy atom. The van der Waals surface area contributed by atoms with Crippen LogP contribution in [0.5, 0.6) is 0 Å². The van der Waals surface area contributed by atoms with Gasteiger partial charge in [-0.2, -0.15) is 0 Å². The van der Waals surface area contributed by atoms with Crippen molar-refractivity contribution in [1.29, 1.82) is 0 Å². The van der Waals surface area contributed by atoms with Crippen molar-refractivity contribution in [3.8, 4) is 0 Å². The molecule has 0 aromatic carbocycles. The van der Waals surface area contributed by atoms with Crippen molar-refractivity contribution in [2.75, 3.05) is 6.61 Å². The summed E-state index contributed by atoms with van der Waals surface area (Å²) < 4.78 is 11.8. The van der Waals surface area contributed by atoms with Crippen molar-refractivity contribution in [3.63, 3.8) is 0 Å². The number of pyridine rings is 1. The maximum atomic E-state index is 12.0. The second-order valence-electron chi connectivity index (χ2n) is 5.53. The van der Waals surface area contributed by atoms with Gasteiger partial charge < -0.3 is 13.9 Å². The molecule has 0 fully saturated rings. The number of hydrogen-bond acceptors (Lipinski definition) is 5. The number of hydrogen-bond donors (Lipinski definition) is 0. The lowest BCUT2D eigenvalue weighted by Crippen LogP contribution is -2.24. The van der Waals surface area contributed by atoms with Crippen molar-refractivity contribution in [1.82, 2.24) is 9.38 Å². The van der Waals surface area contributed by atoms with Crippen LogP contribution in [-0.4, -0.2) is 33.5 Å². The number of ether oxygens (including phenoxy) is 2. The molecule has 0 radical (unpaired) electrons. The predicted molar refractivity (Wildman–Crippen MR) is 76.3 cm³/mol. The van der Waals surface area contributed by atoms with Gasteiger partial charge in [0, 0.05) is 12.4 Å². The number of esters is 2. The number of carbonyl (C=O) groups excluding carboxylic acids is 2. The summed E-state index contributed by atoms with van der Waals surface area (Å²) in [5.74, 6) is -0.907. The van der Waals surface area contributed by atoms with E-state index in [9.17, 15) is 9.59 Å². The molecule has 0 spiro atoms. The number of carbonyl (C=O) groups is 2. The molecule has 0 aliphatic carbocycles. The fourth-order valence-electron chi connectivity index (χ4n) is 1.76. The first-order valence-corrected chi connectivity index (χ1v) is 6.69. The number of imidazole rings is 1.